The van der Waals surface area contributed by atoms with Crippen molar-refractivity contribution in [3.8, 4) is 0 Å². The molecule has 0 fully saturated rings. The summed E-state index contributed by atoms with van der Waals surface area (Å²) in [6, 6.07) is 0. The molecule has 0 aromatic rings. The predicted molar refractivity (Wildman–Crippen MR) is 57.5 cm³/mol. The SMILES string of the molecule is C/C=C/C=C(\C)COP(=O)(O)OP(=O)(O)O. The Morgan fingerprint density at radius 1 is 1.31 bits per heavy atom. The van der Waals surface area contributed by atoms with E-state index < -0.39 is 15.6 Å². The molecule has 0 aromatic carbocycles. The van der Waals surface area contributed by atoms with Crippen molar-refractivity contribution in [2.75, 3.05) is 6.61 Å². The molecule has 0 aliphatic carbocycles. The standard InChI is InChI=1S/C7H14O7P2/c1-3-4-5-7(2)6-13-16(11,12)14-15(8,9)10/h3-5H,6H2,1-2H3,(H,11,12)(H2,8,9,10)/b4-3+,7-5+. The molecule has 0 spiro atoms. The number of phosphoric ester groups is 1. The molecular weight excluding hydrogens is 258 g/mol. The van der Waals surface area contributed by atoms with Crippen molar-refractivity contribution in [3.63, 3.8) is 0 Å². The van der Waals surface area contributed by atoms with Crippen molar-refractivity contribution in [2.45, 2.75) is 13.8 Å². The number of rotatable bonds is 6. The summed E-state index contributed by atoms with van der Waals surface area (Å²) in [5, 5.41) is 0. The Kier molecular flexibility index (Phi) is 6.36. The summed E-state index contributed by atoms with van der Waals surface area (Å²) >= 11 is 0. The van der Waals surface area contributed by atoms with Gasteiger partial charge < -0.3 is 14.7 Å². The Morgan fingerprint density at radius 2 is 1.88 bits per heavy atom. The van der Waals surface area contributed by atoms with Crippen molar-refractivity contribution < 1.29 is 32.6 Å². The zero-order valence-electron chi connectivity index (χ0n) is 8.81. The van der Waals surface area contributed by atoms with Gasteiger partial charge in [0.15, 0.2) is 0 Å². The second kappa shape index (κ2) is 6.47. The van der Waals surface area contributed by atoms with E-state index in [4.69, 9.17) is 14.7 Å². The van der Waals surface area contributed by atoms with E-state index in [1.54, 1.807) is 32.1 Å². The van der Waals surface area contributed by atoms with E-state index in [2.05, 4.69) is 8.83 Å². The van der Waals surface area contributed by atoms with Gasteiger partial charge >= 0.3 is 15.6 Å². The molecule has 1 unspecified atom stereocenters. The van der Waals surface area contributed by atoms with E-state index in [1.165, 1.54) is 0 Å². The number of hydrogen-bond donors (Lipinski definition) is 3. The largest absolute Gasteiger partial charge is 0.481 e. The third-order valence-electron chi connectivity index (χ3n) is 1.24. The molecule has 3 N–H and O–H groups in total. The van der Waals surface area contributed by atoms with Crippen molar-refractivity contribution in [1.29, 1.82) is 0 Å². The smallest absolute Gasteiger partial charge is 0.302 e. The molecule has 0 aromatic heterocycles. The lowest BCUT2D eigenvalue weighted by Gasteiger charge is -2.12. The predicted octanol–water partition coefficient (Wildman–Crippen LogP) is 1.74. The molecule has 9 heteroatoms. The Hall–Kier alpha value is -0.260. The zero-order chi connectivity index (χ0) is 12.8. The molecule has 94 valence electrons. The molecule has 0 saturated carbocycles. The van der Waals surface area contributed by atoms with Crippen LogP contribution in [0.25, 0.3) is 0 Å². The van der Waals surface area contributed by atoms with Gasteiger partial charge in [-0.1, -0.05) is 18.2 Å². The van der Waals surface area contributed by atoms with E-state index in [0.29, 0.717) is 5.57 Å². The molecule has 7 nitrogen and oxygen atoms in total. The summed E-state index contributed by atoms with van der Waals surface area (Å²) < 4.78 is 29.2. The molecule has 1 atom stereocenters. The number of phosphoric acid groups is 2. The summed E-state index contributed by atoms with van der Waals surface area (Å²) in [5.74, 6) is 0. The maximum absolute atomic E-state index is 11.0. The van der Waals surface area contributed by atoms with E-state index in [9.17, 15) is 9.13 Å². The Labute approximate surface area is 93.3 Å². The first kappa shape index (κ1) is 15.7. The number of allylic oxidation sites excluding steroid dienone is 3. The lowest BCUT2D eigenvalue weighted by molar-refractivity contribution is 0.188. The topological polar surface area (TPSA) is 113 Å². The van der Waals surface area contributed by atoms with Crippen LogP contribution in [0.2, 0.25) is 0 Å². The molecule has 0 aliphatic heterocycles. The molecule has 0 radical (unpaired) electrons. The first-order valence-electron chi connectivity index (χ1n) is 4.19. The van der Waals surface area contributed by atoms with Gasteiger partial charge in [-0.2, -0.15) is 4.31 Å². The van der Waals surface area contributed by atoms with Crippen LogP contribution in [0.15, 0.2) is 23.8 Å². The minimum atomic E-state index is -5.04. The lowest BCUT2D eigenvalue weighted by Crippen LogP contribution is -1.96. The molecule has 0 bridgehead atoms. The quantitative estimate of drug-likeness (QED) is 0.498. The third kappa shape index (κ3) is 9.00. The Bertz CT molecular complexity index is 367. The molecule has 0 saturated heterocycles. The Balaban J connectivity index is 4.30. The third-order valence-corrected chi connectivity index (χ3v) is 3.37. The van der Waals surface area contributed by atoms with Gasteiger partial charge in [-0.3, -0.25) is 4.52 Å². The normalized spacial score (nSPS) is 17.7. The van der Waals surface area contributed by atoms with Crippen LogP contribution in [0.4, 0.5) is 0 Å². The molecule has 0 amide bonds. The fourth-order valence-corrected chi connectivity index (χ4v) is 2.28. The molecular formula is C7H14O7P2. The summed E-state index contributed by atoms with van der Waals surface area (Å²) in [6.45, 7) is 3.15. The van der Waals surface area contributed by atoms with Gasteiger partial charge in [0.05, 0.1) is 6.61 Å². The van der Waals surface area contributed by atoms with Gasteiger partial charge in [0.25, 0.3) is 0 Å². The highest BCUT2D eigenvalue weighted by Gasteiger charge is 2.32. The summed E-state index contributed by atoms with van der Waals surface area (Å²) in [7, 11) is -9.77. The average molecular weight is 272 g/mol. The fraction of sp³-hybridized carbons (Fsp3) is 0.429. The number of hydrogen-bond acceptors (Lipinski definition) is 4. The maximum atomic E-state index is 11.0. The highest BCUT2D eigenvalue weighted by atomic mass is 31.3. The van der Waals surface area contributed by atoms with Crippen LogP contribution in [0, 0.1) is 0 Å². The highest BCUT2D eigenvalue weighted by Crippen LogP contribution is 2.57. The first-order chi connectivity index (χ1) is 7.16. The average Bonchev–Trinajstić information content (AvgIpc) is 2.07. The van der Waals surface area contributed by atoms with Gasteiger partial charge in [0, 0.05) is 0 Å². The highest BCUT2D eigenvalue weighted by molar-refractivity contribution is 7.60. The first-order valence-corrected chi connectivity index (χ1v) is 7.21. The van der Waals surface area contributed by atoms with Crippen molar-refractivity contribution in [3.05, 3.63) is 23.8 Å². The van der Waals surface area contributed by atoms with Gasteiger partial charge in [-0.05, 0) is 19.4 Å². The van der Waals surface area contributed by atoms with Gasteiger partial charge in [0.2, 0.25) is 0 Å². The second-order valence-corrected chi connectivity index (χ2v) is 5.68. The second-order valence-electron chi connectivity index (χ2n) is 2.85. The fourth-order valence-electron chi connectivity index (χ4n) is 0.650. The van der Waals surface area contributed by atoms with E-state index >= 15 is 0 Å². The van der Waals surface area contributed by atoms with Crippen LogP contribution in [-0.2, 0) is 18.0 Å². The summed E-state index contributed by atoms with van der Waals surface area (Å²) in [4.78, 5) is 25.5. The molecule has 0 rings (SSSR count). The minimum Gasteiger partial charge on any atom is -0.302 e. The van der Waals surface area contributed by atoms with Gasteiger partial charge in [-0.25, -0.2) is 9.13 Å². The van der Waals surface area contributed by atoms with E-state index in [-0.39, 0.29) is 6.61 Å². The van der Waals surface area contributed by atoms with Crippen LogP contribution in [-0.4, -0.2) is 21.3 Å². The Morgan fingerprint density at radius 3 is 2.31 bits per heavy atom. The molecule has 0 aliphatic rings. The summed E-state index contributed by atoms with van der Waals surface area (Å²) in [5.41, 5.74) is 0.599. The van der Waals surface area contributed by atoms with Crippen LogP contribution >= 0.6 is 15.6 Å². The minimum absolute atomic E-state index is 0.266. The summed E-state index contributed by atoms with van der Waals surface area (Å²) in [6.07, 6.45) is 5.05. The van der Waals surface area contributed by atoms with Crippen LogP contribution in [0.1, 0.15) is 13.8 Å². The zero-order valence-corrected chi connectivity index (χ0v) is 10.6. The van der Waals surface area contributed by atoms with Crippen LogP contribution in [0.3, 0.4) is 0 Å². The monoisotopic (exact) mass is 272 g/mol. The molecule has 16 heavy (non-hydrogen) atoms. The van der Waals surface area contributed by atoms with Crippen molar-refractivity contribution in [1.82, 2.24) is 0 Å². The maximum Gasteiger partial charge on any atom is 0.481 e. The van der Waals surface area contributed by atoms with Crippen molar-refractivity contribution in [2.24, 2.45) is 0 Å². The molecule has 0 heterocycles. The van der Waals surface area contributed by atoms with E-state index in [1.807, 2.05) is 0 Å². The van der Waals surface area contributed by atoms with Gasteiger partial charge in [0.1, 0.15) is 0 Å². The van der Waals surface area contributed by atoms with Crippen molar-refractivity contribution >= 4 is 15.6 Å². The lowest BCUT2D eigenvalue weighted by atomic mass is 10.3. The van der Waals surface area contributed by atoms with Crippen LogP contribution < -0.4 is 0 Å². The van der Waals surface area contributed by atoms with Gasteiger partial charge in [-0.15, -0.1) is 0 Å². The van der Waals surface area contributed by atoms with E-state index in [0.717, 1.165) is 0 Å². The van der Waals surface area contributed by atoms with Crippen LogP contribution in [0.5, 0.6) is 0 Å².